The van der Waals surface area contributed by atoms with Crippen molar-refractivity contribution in [2.24, 2.45) is 0 Å². The van der Waals surface area contributed by atoms with E-state index in [2.05, 4.69) is 4.98 Å². The molecule has 0 aliphatic rings. The highest BCUT2D eigenvalue weighted by Gasteiger charge is 2.21. The number of pyridine rings is 1. The molecule has 17 heavy (non-hydrogen) atoms. The molecule has 2 aromatic heterocycles. The van der Waals surface area contributed by atoms with Gasteiger partial charge >= 0.3 is 5.97 Å². The van der Waals surface area contributed by atoms with Gasteiger partial charge in [-0.1, -0.05) is 11.6 Å². The first kappa shape index (κ1) is 11.9. The van der Waals surface area contributed by atoms with Crippen molar-refractivity contribution in [3.05, 3.63) is 35.4 Å². The zero-order chi connectivity index (χ0) is 12.6. The maximum Gasteiger partial charge on any atom is 0.340 e. The molecule has 0 fully saturated rings. The predicted octanol–water partition coefficient (Wildman–Crippen LogP) is 2.94. The molecule has 0 aliphatic carbocycles. The molecule has 0 atom stereocenters. The molecule has 4 nitrogen and oxygen atoms in total. The summed E-state index contributed by atoms with van der Waals surface area (Å²) in [6.45, 7) is 5.47. The summed E-state index contributed by atoms with van der Waals surface area (Å²) in [4.78, 5) is 16.0. The zero-order valence-electron chi connectivity index (χ0n) is 9.90. The van der Waals surface area contributed by atoms with Crippen molar-refractivity contribution in [1.29, 1.82) is 0 Å². The summed E-state index contributed by atoms with van der Waals surface area (Å²) in [5.74, 6) is -0.398. The number of hydrogen-bond acceptors (Lipinski definition) is 3. The summed E-state index contributed by atoms with van der Waals surface area (Å²) in [5, 5.41) is 0.298. The van der Waals surface area contributed by atoms with Gasteiger partial charge in [0.25, 0.3) is 0 Å². The number of carbonyl (C=O) groups excluding carboxylic acids is 1. The highest BCUT2D eigenvalue weighted by molar-refractivity contribution is 6.33. The quantitative estimate of drug-likeness (QED) is 0.733. The van der Waals surface area contributed by atoms with Crippen molar-refractivity contribution in [2.75, 3.05) is 0 Å². The smallest absolute Gasteiger partial charge is 0.340 e. The number of ether oxygens (including phenoxy) is 1. The monoisotopic (exact) mass is 252 g/mol. The Bertz CT molecular complexity index is 569. The van der Waals surface area contributed by atoms with E-state index in [1.807, 2.05) is 20.8 Å². The van der Waals surface area contributed by atoms with E-state index < -0.39 is 11.6 Å². The molecule has 5 heteroatoms. The fourth-order valence-corrected chi connectivity index (χ4v) is 1.75. The molecule has 90 valence electrons. The maximum absolute atomic E-state index is 12.0. The van der Waals surface area contributed by atoms with E-state index in [9.17, 15) is 4.79 Å². The van der Waals surface area contributed by atoms with Crippen molar-refractivity contribution < 1.29 is 9.53 Å². The van der Waals surface area contributed by atoms with Crippen LogP contribution >= 0.6 is 11.6 Å². The molecule has 0 amide bonds. The zero-order valence-corrected chi connectivity index (χ0v) is 10.7. The molecule has 0 aromatic carbocycles. The molecule has 0 spiro atoms. The van der Waals surface area contributed by atoms with Crippen LogP contribution in [0.5, 0.6) is 0 Å². The predicted molar refractivity (Wildman–Crippen MR) is 65.4 cm³/mol. The van der Waals surface area contributed by atoms with Gasteiger partial charge in [-0.2, -0.15) is 0 Å². The summed E-state index contributed by atoms with van der Waals surface area (Å²) < 4.78 is 7.01. The first-order chi connectivity index (χ1) is 7.88. The number of halogens is 1. The standard InChI is InChI=1S/C12H13ClN2O2/c1-12(2,3)17-11(16)8-5-4-6-15-7-14-10(13)9(8)15/h4-7H,1-3H3. The molecule has 0 aliphatic heterocycles. The van der Waals surface area contributed by atoms with Crippen LogP contribution in [0.2, 0.25) is 5.15 Å². The lowest BCUT2D eigenvalue weighted by Crippen LogP contribution is -2.24. The third-order valence-corrected chi connectivity index (χ3v) is 2.41. The molecule has 2 rings (SSSR count). The summed E-state index contributed by atoms with van der Waals surface area (Å²) in [6.07, 6.45) is 3.34. The Kier molecular flexibility index (Phi) is 2.83. The fraction of sp³-hybridized carbons (Fsp3) is 0.333. The molecular weight excluding hydrogens is 240 g/mol. The van der Waals surface area contributed by atoms with Gasteiger partial charge in [-0.05, 0) is 32.9 Å². The van der Waals surface area contributed by atoms with Gasteiger partial charge < -0.3 is 9.14 Å². The number of hydrogen-bond donors (Lipinski definition) is 0. The number of aromatic nitrogens is 2. The van der Waals surface area contributed by atoms with Crippen LogP contribution in [0.25, 0.3) is 5.52 Å². The van der Waals surface area contributed by atoms with E-state index in [-0.39, 0.29) is 0 Å². The third-order valence-electron chi connectivity index (χ3n) is 2.13. The van der Waals surface area contributed by atoms with Crippen molar-refractivity contribution in [2.45, 2.75) is 26.4 Å². The molecule has 2 heterocycles. The van der Waals surface area contributed by atoms with Gasteiger partial charge in [0.1, 0.15) is 11.9 Å². The Balaban J connectivity index is 2.48. The van der Waals surface area contributed by atoms with E-state index in [0.717, 1.165) is 0 Å². The van der Waals surface area contributed by atoms with E-state index in [1.165, 1.54) is 0 Å². The van der Waals surface area contributed by atoms with Crippen molar-refractivity contribution in [3.8, 4) is 0 Å². The van der Waals surface area contributed by atoms with E-state index in [4.69, 9.17) is 16.3 Å². The fourth-order valence-electron chi connectivity index (χ4n) is 1.51. The van der Waals surface area contributed by atoms with Gasteiger partial charge in [0.15, 0.2) is 5.15 Å². The first-order valence-corrected chi connectivity index (χ1v) is 5.61. The van der Waals surface area contributed by atoms with Gasteiger partial charge in [-0.25, -0.2) is 9.78 Å². The number of fused-ring (bicyclic) bond motifs is 1. The molecule has 0 bridgehead atoms. The summed E-state index contributed by atoms with van der Waals surface area (Å²) in [5.41, 5.74) is 0.462. The van der Waals surface area contributed by atoms with Crippen LogP contribution in [-0.2, 0) is 4.74 Å². The second-order valence-corrected chi connectivity index (χ2v) is 5.07. The molecule has 2 aromatic rings. The van der Waals surface area contributed by atoms with Crippen LogP contribution in [-0.4, -0.2) is 21.0 Å². The van der Waals surface area contributed by atoms with E-state index in [1.54, 1.807) is 29.1 Å². The minimum absolute atomic E-state index is 0.298. The third kappa shape index (κ3) is 2.42. The van der Waals surface area contributed by atoms with Gasteiger partial charge in [-0.3, -0.25) is 0 Å². The maximum atomic E-state index is 12.0. The lowest BCUT2D eigenvalue weighted by atomic mass is 10.2. The van der Waals surface area contributed by atoms with E-state index in [0.29, 0.717) is 16.2 Å². The average Bonchev–Trinajstić information content (AvgIpc) is 2.58. The Labute approximate surface area is 104 Å². The molecule has 0 radical (unpaired) electrons. The van der Waals surface area contributed by atoms with Crippen LogP contribution < -0.4 is 0 Å². The minimum atomic E-state index is -0.531. The van der Waals surface area contributed by atoms with Crippen LogP contribution in [0.4, 0.5) is 0 Å². The SMILES string of the molecule is CC(C)(C)OC(=O)c1cccn2cnc(Cl)c12. The molecule has 0 saturated carbocycles. The van der Waals surface area contributed by atoms with Gasteiger partial charge in [0, 0.05) is 6.20 Å². The van der Waals surface area contributed by atoms with Crippen LogP contribution in [0.3, 0.4) is 0 Å². The highest BCUT2D eigenvalue weighted by atomic mass is 35.5. The number of nitrogens with zero attached hydrogens (tertiary/aromatic N) is 2. The molecule has 0 unspecified atom stereocenters. The van der Waals surface area contributed by atoms with Gasteiger partial charge in [-0.15, -0.1) is 0 Å². The average molecular weight is 253 g/mol. The lowest BCUT2D eigenvalue weighted by molar-refractivity contribution is 0.00714. The van der Waals surface area contributed by atoms with Crippen LogP contribution in [0.15, 0.2) is 24.7 Å². The number of rotatable bonds is 1. The first-order valence-electron chi connectivity index (χ1n) is 5.23. The van der Waals surface area contributed by atoms with Gasteiger partial charge in [0.05, 0.1) is 11.1 Å². The number of esters is 1. The number of carbonyl (C=O) groups is 1. The van der Waals surface area contributed by atoms with Crippen LogP contribution in [0, 0.1) is 0 Å². The Morgan fingerprint density at radius 2 is 2.18 bits per heavy atom. The van der Waals surface area contributed by atoms with Crippen LogP contribution in [0.1, 0.15) is 31.1 Å². The van der Waals surface area contributed by atoms with E-state index >= 15 is 0 Å². The summed E-state index contributed by atoms with van der Waals surface area (Å²) in [7, 11) is 0. The second kappa shape index (κ2) is 4.04. The Hall–Kier alpha value is -1.55. The molecular formula is C12H13ClN2O2. The largest absolute Gasteiger partial charge is 0.456 e. The Morgan fingerprint density at radius 3 is 2.82 bits per heavy atom. The number of imidazole rings is 1. The Morgan fingerprint density at radius 1 is 1.47 bits per heavy atom. The normalized spacial score (nSPS) is 11.8. The highest BCUT2D eigenvalue weighted by Crippen LogP contribution is 2.22. The summed E-state index contributed by atoms with van der Waals surface area (Å²) >= 11 is 5.95. The van der Waals surface area contributed by atoms with Gasteiger partial charge in [0.2, 0.25) is 0 Å². The summed E-state index contributed by atoms with van der Waals surface area (Å²) in [6, 6.07) is 3.43. The van der Waals surface area contributed by atoms with Crippen molar-refractivity contribution >= 4 is 23.1 Å². The molecule has 0 saturated heterocycles. The topological polar surface area (TPSA) is 43.6 Å². The minimum Gasteiger partial charge on any atom is -0.456 e. The van der Waals surface area contributed by atoms with Crippen molar-refractivity contribution in [3.63, 3.8) is 0 Å². The second-order valence-electron chi connectivity index (χ2n) is 4.72. The van der Waals surface area contributed by atoms with Crippen molar-refractivity contribution in [1.82, 2.24) is 9.38 Å². The lowest BCUT2D eigenvalue weighted by Gasteiger charge is -2.19. The molecule has 0 N–H and O–H groups in total.